The van der Waals surface area contributed by atoms with Crippen LogP contribution in [0.5, 0.6) is 5.19 Å². The number of carbonyl (C=O) groups excluding carboxylic acids is 1. The first-order chi connectivity index (χ1) is 17.9. The van der Waals surface area contributed by atoms with Crippen molar-refractivity contribution in [2.45, 2.75) is 65.0 Å². The second kappa shape index (κ2) is 11.2. The molecule has 1 aliphatic heterocycles. The number of amides is 1. The fraction of sp³-hybridized carbons (Fsp3) is 0.517. The van der Waals surface area contributed by atoms with Gasteiger partial charge in [0.15, 0.2) is 0 Å². The number of aromatic nitrogens is 2. The molecule has 1 fully saturated rings. The van der Waals surface area contributed by atoms with E-state index in [4.69, 9.17) is 9.72 Å². The Hall–Kier alpha value is -3.02. The number of ether oxygens (including phenoxy) is 1. The third-order valence-electron chi connectivity index (χ3n) is 7.57. The highest BCUT2D eigenvalue weighted by Crippen LogP contribution is 2.32. The van der Waals surface area contributed by atoms with Crippen LogP contribution in [0, 0.1) is 22.7 Å². The van der Waals surface area contributed by atoms with Gasteiger partial charge in [0.2, 0.25) is 0 Å². The van der Waals surface area contributed by atoms with Gasteiger partial charge in [-0.3, -0.25) is 14.7 Å². The minimum Gasteiger partial charge on any atom is -0.468 e. The largest absolute Gasteiger partial charge is 0.468 e. The quantitative estimate of drug-likeness (QED) is 0.433. The van der Waals surface area contributed by atoms with Gasteiger partial charge >= 0.3 is 0 Å². The van der Waals surface area contributed by atoms with Crippen molar-refractivity contribution in [1.82, 2.24) is 20.2 Å². The average Bonchev–Trinajstić information content (AvgIpc) is 3.33. The second-order valence-corrected chi connectivity index (χ2v) is 12.1. The summed E-state index contributed by atoms with van der Waals surface area (Å²) in [6, 6.07) is 12.1. The Balaban J connectivity index is 1.06. The van der Waals surface area contributed by atoms with E-state index in [-0.39, 0.29) is 11.9 Å². The third-order valence-corrected chi connectivity index (χ3v) is 8.64. The molecule has 0 radical (unpaired) electrons. The Morgan fingerprint density at radius 1 is 1.24 bits per heavy atom. The number of hydrogen-bond acceptors (Lipinski definition) is 7. The van der Waals surface area contributed by atoms with Crippen LogP contribution in [0.15, 0.2) is 36.5 Å². The van der Waals surface area contributed by atoms with Gasteiger partial charge in [-0.25, -0.2) is 4.98 Å². The number of benzene rings is 1. The number of fused-ring (bicyclic) bond motifs is 2. The number of nitriles is 1. The molecule has 3 heterocycles. The van der Waals surface area contributed by atoms with Gasteiger partial charge in [0, 0.05) is 41.2 Å². The van der Waals surface area contributed by atoms with Crippen molar-refractivity contribution in [1.29, 1.82) is 5.26 Å². The molecule has 2 aliphatic rings. The molecular weight excluding hydrogens is 482 g/mol. The van der Waals surface area contributed by atoms with Gasteiger partial charge in [0.25, 0.3) is 11.1 Å². The van der Waals surface area contributed by atoms with E-state index >= 15 is 0 Å². The van der Waals surface area contributed by atoms with E-state index in [9.17, 15) is 10.1 Å². The van der Waals surface area contributed by atoms with Gasteiger partial charge in [0.05, 0.1) is 22.7 Å². The predicted molar refractivity (Wildman–Crippen MR) is 146 cm³/mol. The lowest BCUT2D eigenvalue weighted by molar-refractivity contribution is 0.0921. The van der Waals surface area contributed by atoms with Gasteiger partial charge in [-0.15, -0.1) is 0 Å². The van der Waals surface area contributed by atoms with Crippen LogP contribution in [0.3, 0.4) is 0 Å². The average molecular weight is 518 g/mol. The van der Waals surface area contributed by atoms with E-state index in [2.05, 4.69) is 21.3 Å². The van der Waals surface area contributed by atoms with E-state index in [1.807, 2.05) is 44.2 Å². The summed E-state index contributed by atoms with van der Waals surface area (Å²) in [7, 11) is 0. The lowest BCUT2D eigenvalue weighted by atomic mass is 9.84. The molecule has 2 aromatic heterocycles. The highest BCUT2D eigenvalue weighted by molar-refractivity contribution is 7.13. The Morgan fingerprint density at radius 2 is 2.08 bits per heavy atom. The molecule has 37 heavy (non-hydrogen) atoms. The molecule has 1 saturated carbocycles. The molecule has 0 bridgehead atoms. The van der Waals surface area contributed by atoms with Crippen LogP contribution in [0.25, 0.3) is 10.9 Å². The van der Waals surface area contributed by atoms with Crippen molar-refractivity contribution in [3.05, 3.63) is 52.7 Å². The van der Waals surface area contributed by atoms with E-state index in [1.165, 1.54) is 11.3 Å². The third kappa shape index (κ3) is 6.28. The first-order valence-electron chi connectivity index (χ1n) is 13.3. The minimum absolute atomic E-state index is 0.00831. The van der Waals surface area contributed by atoms with Crippen LogP contribution >= 0.6 is 11.3 Å². The van der Waals surface area contributed by atoms with Crippen LogP contribution in [-0.2, 0) is 13.0 Å². The smallest absolute Gasteiger partial charge is 0.273 e. The first kappa shape index (κ1) is 25.6. The van der Waals surface area contributed by atoms with Gasteiger partial charge in [-0.2, -0.15) is 5.26 Å². The molecule has 1 N–H and O–H groups in total. The Kier molecular flexibility index (Phi) is 7.73. The van der Waals surface area contributed by atoms with Crippen LogP contribution in [0.4, 0.5) is 0 Å². The molecule has 1 aromatic carbocycles. The highest BCUT2D eigenvalue weighted by Gasteiger charge is 2.26. The second-order valence-electron chi connectivity index (χ2n) is 11.0. The molecule has 0 atom stereocenters. The van der Waals surface area contributed by atoms with Crippen LogP contribution < -0.4 is 10.1 Å². The standard InChI is InChI=1S/C29H35N5O2S/c1-29(2,18-30)19-36-28-33-25-17-34(16-13-26(25)37-28)15-12-20-8-10-21(11-9-20)32-27(35)23-5-3-7-24-22(23)6-4-14-31-24/h3-7,14,20-21H,8-13,15-17,19H2,1-2H3,(H,32,35). The predicted octanol–water partition coefficient (Wildman–Crippen LogP) is 5.36. The maximum atomic E-state index is 13.0. The minimum atomic E-state index is -0.507. The zero-order chi connectivity index (χ0) is 25.8. The number of pyridine rings is 1. The van der Waals surface area contributed by atoms with E-state index in [0.29, 0.717) is 23.3 Å². The number of carbonyl (C=O) groups is 1. The number of rotatable bonds is 8. The number of nitrogens with one attached hydrogen (secondary N) is 1. The summed E-state index contributed by atoms with van der Waals surface area (Å²) in [6.45, 7) is 7.14. The van der Waals surface area contributed by atoms with Crippen molar-refractivity contribution in [3.8, 4) is 11.3 Å². The first-order valence-corrected chi connectivity index (χ1v) is 14.1. The van der Waals surface area contributed by atoms with Crippen molar-refractivity contribution in [2.75, 3.05) is 19.7 Å². The van der Waals surface area contributed by atoms with Gasteiger partial charge in [-0.05, 0) is 83.0 Å². The fourth-order valence-electron chi connectivity index (χ4n) is 5.28. The summed E-state index contributed by atoms with van der Waals surface area (Å²) in [5.74, 6) is 0.716. The van der Waals surface area contributed by atoms with Crippen LogP contribution in [0.1, 0.15) is 66.9 Å². The number of nitrogens with zero attached hydrogens (tertiary/aromatic N) is 4. The molecular formula is C29H35N5O2S. The Morgan fingerprint density at radius 3 is 2.89 bits per heavy atom. The Labute approximate surface area is 222 Å². The van der Waals surface area contributed by atoms with Gasteiger partial charge in [-0.1, -0.05) is 23.5 Å². The molecule has 5 rings (SSSR count). The Bertz CT molecular complexity index is 1280. The van der Waals surface area contributed by atoms with E-state index < -0.39 is 5.41 Å². The summed E-state index contributed by atoms with van der Waals surface area (Å²) in [5.41, 5.74) is 2.19. The SMILES string of the molecule is CC(C)(C#N)COc1nc2c(s1)CCN(CCC1CCC(NC(=O)c3cccc4ncccc34)CC1)C2. The van der Waals surface area contributed by atoms with Crippen molar-refractivity contribution < 1.29 is 9.53 Å². The molecule has 194 valence electrons. The lowest BCUT2D eigenvalue weighted by Crippen LogP contribution is -2.38. The molecule has 1 amide bonds. The zero-order valence-electron chi connectivity index (χ0n) is 21.7. The summed E-state index contributed by atoms with van der Waals surface area (Å²) in [4.78, 5) is 25.9. The number of hydrogen-bond donors (Lipinski definition) is 1. The molecule has 0 spiro atoms. The highest BCUT2D eigenvalue weighted by atomic mass is 32.1. The van der Waals surface area contributed by atoms with Gasteiger partial charge < -0.3 is 10.1 Å². The maximum absolute atomic E-state index is 13.0. The molecule has 1 aliphatic carbocycles. The molecule has 8 heteroatoms. The summed E-state index contributed by atoms with van der Waals surface area (Å²) in [6.07, 6.45) is 8.35. The fourth-order valence-corrected chi connectivity index (χ4v) is 6.19. The van der Waals surface area contributed by atoms with E-state index in [0.717, 1.165) is 68.3 Å². The van der Waals surface area contributed by atoms with Crippen LogP contribution in [0.2, 0.25) is 0 Å². The lowest BCUT2D eigenvalue weighted by Gasteiger charge is -2.32. The molecule has 0 unspecified atom stereocenters. The monoisotopic (exact) mass is 517 g/mol. The summed E-state index contributed by atoms with van der Waals surface area (Å²) < 4.78 is 5.82. The maximum Gasteiger partial charge on any atom is 0.273 e. The van der Waals surface area contributed by atoms with E-state index in [1.54, 1.807) is 17.5 Å². The molecule has 7 nitrogen and oxygen atoms in total. The number of thiazole rings is 1. The van der Waals surface area contributed by atoms with Crippen molar-refractivity contribution in [2.24, 2.45) is 11.3 Å². The normalized spacial score (nSPS) is 20.2. The summed E-state index contributed by atoms with van der Waals surface area (Å²) in [5, 5.41) is 14.1. The topological polar surface area (TPSA) is 91.1 Å². The van der Waals surface area contributed by atoms with Crippen molar-refractivity contribution >= 4 is 28.1 Å². The van der Waals surface area contributed by atoms with Gasteiger partial charge in [0.1, 0.15) is 6.61 Å². The zero-order valence-corrected chi connectivity index (χ0v) is 22.5. The summed E-state index contributed by atoms with van der Waals surface area (Å²) >= 11 is 1.63. The van der Waals surface area contributed by atoms with Crippen molar-refractivity contribution in [3.63, 3.8) is 0 Å². The molecule has 3 aromatic rings. The molecule has 0 saturated heterocycles. The van der Waals surface area contributed by atoms with Crippen LogP contribution in [-0.4, -0.2) is 46.5 Å².